The molecule has 1 aromatic heterocycles. The van der Waals surface area contributed by atoms with Gasteiger partial charge in [-0.2, -0.15) is 0 Å². The quantitative estimate of drug-likeness (QED) is 0.361. The third-order valence-electron chi connectivity index (χ3n) is 5.03. The number of hydrogen-bond acceptors (Lipinski definition) is 0. The van der Waals surface area contributed by atoms with Crippen LogP contribution < -0.4 is 0 Å². The number of fused-ring (bicyclic) bond motifs is 1. The summed E-state index contributed by atoms with van der Waals surface area (Å²) in [7, 11) is 0. The molecule has 3 aromatic carbocycles. The lowest BCUT2D eigenvalue weighted by atomic mass is 9.87. The minimum absolute atomic E-state index is 0.185. The molecular weight excluding hydrogens is 350 g/mol. The monoisotopic (exact) mass is 372 g/mol. The molecule has 0 saturated carbocycles. The van der Waals surface area contributed by atoms with Crippen molar-refractivity contribution in [1.82, 2.24) is 4.57 Å². The van der Waals surface area contributed by atoms with Crippen molar-refractivity contribution in [3.8, 4) is 11.1 Å². The molecule has 0 aliphatic carbocycles. The maximum absolute atomic E-state index is 6.00. The lowest BCUT2D eigenvalue weighted by Gasteiger charge is -2.19. The molecule has 0 spiro atoms. The van der Waals surface area contributed by atoms with Gasteiger partial charge in [0.1, 0.15) is 0 Å². The SMILES string of the molecule is CC(C)(C)c1ccc(Cn2c[c]c3cc(-c4ccc(Cl)cc4)ccc32)cc1. The van der Waals surface area contributed by atoms with E-state index in [9.17, 15) is 0 Å². The molecule has 0 bridgehead atoms. The molecule has 27 heavy (non-hydrogen) atoms. The fourth-order valence-corrected chi connectivity index (χ4v) is 3.50. The van der Waals surface area contributed by atoms with Crippen molar-refractivity contribution < 1.29 is 0 Å². The van der Waals surface area contributed by atoms with E-state index in [-0.39, 0.29) is 5.41 Å². The highest BCUT2D eigenvalue weighted by molar-refractivity contribution is 6.30. The average molecular weight is 373 g/mol. The summed E-state index contributed by atoms with van der Waals surface area (Å²) >= 11 is 6.00. The van der Waals surface area contributed by atoms with Crippen molar-refractivity contribution in [2.75, 3.05) is 0 Å². The Hall–Kier alpha value is -2.51. The topological polar surface area (TPSA) is 4.93 Å². The van der Waals surface area contributed by atoms with E-state index in [0.29, 0.717) is 0 Å². The van der Waals surface area contributed by atoms with Crippen LogP contribution in [0.3, 0.4) is 0 Å². The number of hydrogen-bond donors (Lipinski definition) is 0. The van der Waals surface area contributed by atoms with E-state index in [2.05, 4.69) is 86.0 Å². The van der Waals surface area contributed by atoms with E-state index >= 15 is 0 Å². The van der Waals surface area contributed by atoms with E-state index in [4.69, 9.17) is 11.6 Å². The molecular formula is C25H23ClN. The summed E-state index contributed by atoms with van der Waals surface area (Å²) in [5.41, 5.74) is 6.40. The van der Waals surface area contributed by atoms with Crippen molar-refractivity contribution in [1.29, 1.82) is 0 Å². The number of rotatable bonds is 3. The lowest BCUT2D eigenvalue weighted by molar-refractivity contribution is 0.590. The van der Waals surface area contributed by atoms with Gasteiger partial charge < -0.3 is 4.57 Å². The van der Waals surface area contributed by atoms with Crippen molar-refractivity contribution in [3.05, 3.63) is 95.1 Å². The van der Waals surface area contributed by atoms with E-state index in [0.717, 1.165) is 17.0 Å². The van der Waals surface area contributed by atoms with Gasteiger partial charge in [0.25, 0.3) is 0 Å². The average Bonchev–Trinajstić information content (AvgIpc) is 3.04. The Balaban J connectivity index is 1.61. The van der Waals surface area contributed by atoms with E-state index in [1.165, 1.54) is 27.8 Å². The molecule has 1 radical (unpaired) electrons. The molecule has 1 nitrogen and oxygen atoms in total. The zero-order valence-corrected chi connectivity index (χ0v) is 16.7. The number of benzene rings is 3. The molecule has 0 amide bonds. The molecule has 0 saturated heterocycles. The fourth-order valence-electron chi connectivity index (χ4n) is 3.38. The third kappa shape index (κ3) is 3.79. The maximum Gasteiger partial charge on any atom is 0.0490 e. The van der Waals surface area contributed by atoms with E-state index in [1.54, 1.807) is 0 Å². The summed E-state index contributed by atoms with van der Waals surface area (Å²) in [5.74, 6) is 0. The Kier molecular flexibility index (Phi) is 4.57. The summed E-state index contributed by atoms with van der Waals surface area (Å²) in [6, 6.07) is 26.8. The van der Waals surface area contributed by atoms with Gasteiger partial charge in [0.05, 0.1) is 0 Å². The lowest BCUT2D eigenvalue weighted by Crippen LogP contribution is -2.10. The predicted molar refractivity (Wildman–Crippen MR) is 115 cm³/mol. The smallest absolute Gasteiger partial charge is 0.0490 e. The Labute approximate surface area is 166 Å². The van der Waals surface area contributed by atoms with Crippen LogP contribution in [0.1, 0.15) is 31.9 Å². The third-order valence-corrected chi connectivity index (χ3v) is 5.28. The zero-order valence-electron chi connectivity index (χ0n) is 16.0. The molecule has 2 heteroatoms. The van der Waals surface area contributed by atoms with Crippen LogP contribution in [0.4, 0.5) is 0 Å². The van der Waals surface area contributed by atoms with Gasteiger partial charge in [-0.25, -0.2) is 0 Å². The molecule has 1 heterocycles. The zero-order chi connectivity index (χ0) is 19.0. The summed E-state index contributed by atoms with van der Waals surface area (Å²) in [6.07, 6.45) is 2.05. The van der Waals surface area contributed by atoms with Crippen LogP contribution in [0.25, 0.3) is 22.0 Å². The van der Waals surface area contributed by atoms with Gasteiger partial charge in [-0.3, -0.25) is 0 Å². The van der Waals surface area contributed by atoms with E-state index < -0.39 is 0 Å². The van der Waals surface area contributed by atoms with Crippen LogP contribution in [-0.4, -0.2) is 4.57 Å². The maximum atomic E-state index is 6.00. The molecule has 0 aliphatic heterocycles. The molecule has 0 N–H and O–H groups in total. The van der Waals surface area contributed by atoms with Gasteiger partial charge in [0.15, 0.2) is 0 Å². The van der Waals surface area contributed by atoms with Crippen LogP contribution in [0.15, 0.2) is 72.9 Å². The highest BCUT2D eigenvalue weighted by Crippen LogP contribution is 2.27. The van der Waals surface area contributed by atoms with Crippen LogP contribution in [0, 0.1) is 6.07 Å². The van der Waals surface area contributed by atoms with Gasteiger partial charge in [-0.05, 0) is 51.9 Å². The number of halogens is 1. The highest BCUT2D eigenvalue weighted by atomic mass is 35.5. The second-order valence-electron chi connectivity index (χ2n) is 8.09. The normalized spacial score (nSPS) is 11.9. The van der Waals surface area contributed by atoms with Crippen molar-refractivity contribution in [2.24, 2.45) is 0 Å². The highest BCUT2D eigenvalue weighted by Gasteiger charge is 2.13. The second kappa shape index (κ2) is 6.90. The Morgan fingerprint density at radius 1 is 0.852 bits per heavy atom. The van der Waals surface area contributed by atoms with Gasteiger partial charge in [0.2, 0.25) is 0 Å². The number of nitrogens with zero attached hydrogens (tertiary/aromatic N) is 1. The first-order valence-electron chi connectivity index (χ1n) is 9.26. The minimum atomic E-state index is 0.185. The van der Waals surface area contributed by atoms with Gasteiger partial charge in [0, 0.05) is 34.7 Å². The van der Waals surface area contributed by atoms with Gasteiger partial charge >= 0.3 is 0 Å². The van der Waals surface area contributed by atoms with Gasteiger partial charge in [-0.1, -0.05) is 74.8 Å². The van der Waals surface area contributed by atoms with Crippen molar-refractivity contribution in [3.63, 3.8) is 0 Å². The molecule has 135 valence electrons. The molecule has 4 rings (SSSR count). The minimum Gasteiger partial charge on any atom is -0.342 e. The number of aromatic nitrogens is 1. The predicted octanol–water partition coefficient (Wildman–Crippen LogP) is 7.11. The molecule has 0 aliphatic rings. The van der Waals surface area contributed by atoms with Crippen molar-refractivity contribution in [2.45, 2.75) is 32.7 Å². The second-order valence-corrected chi connectivity index (χ2v) is 8.52. The summed E-state index contributed by atoms with van der Waals surface area (Å²) in [5, 5.41) is 1.89. The van der Waals surface area contributed by atoms with Crippen LogP contribution in [0.5, 0.6) is 0 Å². The molecule has 0 atom stereocenters. The summed E-state index contributed by atoms with van der Waals surface area (Å²) < 4.78 is 2.26. The van der Waals surface area contributed by atoms with Crippen LogP contribution in [-0.2, 0) is 12.0 Å². The first-order valence-corrected chi connectivity index (χ1v) is 9.64. The molecule has 4 aromatic rings. The van der Waals surface area contributed by atoms with E-state index in [1.807, 2.05) is 18.3 Å². The first-order chi connectivity index (χ1) is 12.9. The first kappa shape index (κ1) is 17.9. The summed E-state index contributed by atoms with van der Waals surface area (Å²) in [6.45, 7) is 7.59. The largest absolute Gasteiger partial charge is 0.342 e. The van der Waals surface area contributed by atoms with Crippen molar-refractivity contribution >= 4 is 22.5 Å². The summed E-state index contributed by atoms with van der Waals surface area (Å²) in [4.78, 5) is 0. The fraction of sp³-hybridized carbons (Fsp3) is 0.200. The van der Waals surface area contributed by atoms with Crippen LogP contribution >= 0.6 is 11.6 Å². The molecule has 0 fully saturated rings. The Bertz CT molecular complexity index is 1060. The molecule has 0 unspecified atom stereocenters. The standard InChI is InChI=1S/C25H23ClN/c1-25(2,3)22-9-4-18(5-10-22)17-27-15-14-21-16-20(8-13-24(21)27)19-6-11-23(26)12-7-19/h4-13,15-16H,17H2,1-3H3. The van der Waals surface area contributed by atoms with Gasteiger partial charge in [-0.15, -0.1) is 0 Å². The Morgan fingerprint density at radius 2 is 1.52 bits per heavy atom. The van der Waals surface area contributed by atoms with Crippen LogP contribution in [0.2, 0.25) is 5.02 Å². The Morgan fingerprint density at radius 3 is 2.19 bits per heavy atom.